The van der Waals surface area contributed by atoms with Crippen LogP contribution in [-0.4, -0.2) is 9.55 Å². The van der Waals surface area contributed by atoms with Gasteiger partial charge in [-0.15, -0.1) is 0 Å². The maximum Gasteiger partial charge on any atom is 0.145 e. The summed E-state index contributed by atoms with van der Waals surface area (Å²) < 4.78 is 2.33. The zero-order valence-electron chi connectivity index (χ0n) is 25.1. The van der Waals surface area contributed by atoms with Crippen LogP contribution in [0.1, 0.15) is 0 Å². The van der Waals surface area contributed by atoms with Crippen LogP contribution in [0.15, 0.2) is 176 Å². The van der Waals surface area contributed by atoms with E-state index in [4.69, 9.17) is 4.98 Å². The monoisotopic (exact) mass is 587 g/mol. The number of benzene rings is 7. The van der Waals surface area contributed by atoms with Crippen molar-refractivity contribution in [2.24, 2.45) is 0 Å². The van der Waals surface area contributed by atoms with E-state index in [9.17, 15) is 0 Å². The van der Waals surface area contributed by atoms with E-state index in [-0.39, 0.29) is 0 Å². The minimum Gasteiger partial charge on any atom is -0.306 e. The van der Waals surface area contributed by atoms with Crippen LogP contribution in [-0.2, 0) is 0 Å². The van der Waals surface area contributed by atoms with E-state index < -0.39 is 0 Å². The first-order valence-corrected chi connectivity index (χ1v) is 15.6. The Morgan fingerprint density at radius 2 is 0.848 bits per heavy atom. The van der Waals surface area contributed by atoms with E-state index in [1.54, 1.807) is 0 Å². The van der Waals surface area contributed by atoms with E-state index >= 15 is 0 Å². The Morgan fingerprint density at radius 3 is 1.46 bits per heavy atom. The molecule has 8 aromatic rings. The van der Waals surface area contributed by atoms with E-state index in [1.165, 1.54) is 33.4 Å². The van der Waals surface area contributed by atoms with Gasteiger partial charge < -0.3 is 4.90 Å². The Bertz CT molecular complexity index is 2320. The minimum absolute atomic E-state index is 0.951. The number of anilines is 3. The SMILES string of the molecule is c1ccc(-c2ccc(-c3ccc(-c4ccc5c(c4)N(c4ccccc4)c4cccc6nc(-c7ccccc7)n-5c46)cc3)cc2)cc1. The van der Waals surface area contributed by atoms with Crippen molar-refractivity contribution in [1.82, 2.24) is 9.55 Å². The van der Waals surface area contributed by atoms with Gasteiger partial charge in [0.1, 0.15) is 5.82 Å². The van der Waals surface area contributed by atoms with E-state index in [2.05, 4.69) is 185 Å². The number of nitrogens with zero attached hydrogens (tertiary/aromatic N) is 3. The molecule has 1 aliphatic heterocycles. The van der Waals surface area contributed by atoms with Crippen LogP contribution in [0.5, 0.6) is 0 Å². The van der Waals surface area contributed by atoms with Gasteiger partial charge in [0.25, 0.3) is 0 Å². The summed E-state index contributed by atoms with van der Waals surface area (Å²) in [7, 11) is 0. The van der Waals surface area contributed by atoms with Crippen LogP contribution in [0.2, 0.25) is 0 Å². The summed E-state index contributed by atoms with van der Waals surface area (Å²) in [6, 6.07) is 62.6. The second-order valence-electron chi connectivity index (χ2n) is 11.7. The number of hydrogen-bond acceptors (Lipinski definition) is 2. The molecule has 9 rings (SSSR count). The van der Waals surface area contributed by atoms with Crippen LogP contribution in [0.4, 0.5) is 17.1 Å². The van der Waals surface area contributed by atoms with Gasteiger partial charge >= 0.3 is 0 Å². The Morgan fingerprint density at radius 1 is 0.348 bits per heavy atom. The molecule has 0 spiro atoms. The normalized spacial score (nSPS) is 11.9. The molecule has 2 heterocycles. The summed E-state index contributed by atoms with van der Waals surface area (Å²) in [5.74, 6) is 0.951. The van der Waals surface area contributed by atoms with Crippen molar-refractivity contribution < 1.29 is 0 Å². The molecule has 1 aliphatic rings. The lowest BCUT2D eigenvalue weighted by atomic mass is 9.97. The molecule has 0 bridgehead atoms. The highest BCUT2D eigenvalue weighted by molar-refractivity contribution is 6.03. The number of fused-ring (bicyclic) bond motifs is 2. The van der Waals surface area contributed by atoms with Crippen molar-refractivity contribution in [3.05, 3.63) is 176 Å². The van der Waals surface area contributed by atoms with Gasteiger partial charge in [-0.25, -0.2) is 4.98 Å². The number of aromatic nitrogens is 2. The van der Waals surface area contributed by atoms with Gasteiger partial charge in [0.05, 0.1) is 28.1 Å². The molecule has 0 saturated heterocycles. The molecule has 0 fully saturated rings. The average Bonchev–Trinajstić information content (AvgIpc) is 3.54. The van der Waals surface area contributed by atoms with Crippen LogP contribution >= 0.6 is 0 Å². The molecule has 0 N–H and O–H groups in total. The third kappa shape index (κ3) is 4.33. The summed E-state index contributed by atoms with van der Waals surface area (Å²) in [6.45, 7) is 0. The topological polar surface area (TPSA) is 21.1 Å². The first-order chi connectivity index (χ1) is 22.8. The van der Waals surface area contributed by atoms with Gasteiger partial charge in [-0.1, -0.05) is 140 Å². The van der Waals surface area contributed by atoms with Gasteiger partial charge in [-0.3, -0.25) is 4.57 Å². The van der Waals surface area contributed by atoms with Crippen LogP contribution in [0.25, 0.3) is 61.5 Å². The first kappa shape index (κ1) is 26.2. The van der Waals surface area contributed by atoms with Crippen molar-refractivity contribution in [3.63, 3.8) is 0 Å². The maximum absolute atomic E-state index is 5.16. The number of hydrogen-bond donors (Lipinski definition) is 0. The predicted octanol–water partition coefficient (Wildman–Crippen LogP) is 11.5. The summed E-state index contributed by atoms with van der Waals surface area (Å²) in [4.78, 5) is 7.53. The molecule has 0 aliphatic carbocycles. The quantitative estimate of drug-likeness (QED) is 0.200. The molecular weight excluding hydrogens is 558 g/mol. The molecule has 0 amide bonds. The molecule has 3 nitrogen and oxygen atoms in total. The van der Waals surface area contributed by atoms with E-state index in [0.717, 1.165) is 45.2 Å². The Balaban J connectivity index is 1.15. The third-order valence-corrected chi connectivity index (χ3v) is 8.94. The molecule has 3 heteroatoms. The zero-order chi connectivity index (χ0) is 30.5. The van der Waals surface area contributed by atoms with Gasteiger partial charge in [0.2, 0.25) is 0 Å². The first-order valence-electron chi connectivity index (χ1n) is 15.6. The summed E-state index contributed by atoms with van der Waals surface area (Å²) in [5, 5.41) is 0. The average molecular weight is 588 g/mol. The van der Waals surface area contributed by atoms with E-state index in [0.29, 0.717) is 0 Å². The smallest absolute Gasteiger partial charge is 0.145 e. The lowest BCUT2D eigenvalue weighted by molar-refractivity contribution is 1.06. The van der Waals surface area contributed by atoms with Gasteiger partial charge in [-0.2, -0.15) is 0 Å². The lowest BCUT2D eigenvalue weighted by Gasteiger charge is -2.33. The molecule has 0 radical (unpaired) electrons. The van der Waals surface area contributed by atoms with Crippen LogP contribution < -0.4 is 4.90 Å². The fourth-order valence-corrected chi connectivity index (χ4v) is 6.70. The molecule has 0 unspecified atom stereocenters. The summed E-state index contributed by atoms with van der Waals surface area (Å²) in [5.41, 5.74) is 14.9. The molecule has 7 aromatic carbocycles. The molecule has 0 saturated carbocycles. The van der Waals surface area contributed by atoms with Crippen LogP contribution in [0.3, 0.4) is 0 Å². The fourth-order valence-electron chi connectivity index (χ4n) is 6.70. The summed E-state index contributed by atoms with van der Waals surface area (Å²) >= 11 is 0. The van der Waals surface area contributed by atoms with E-state index in [1.807, 2.05) is 0 Å². The molecular formula is C43H29N3. The highest BCUT2D eigenvalue weighted by Gasteiger charge is 2.29. The second-order valence-corrected chi connectivity index (χ2v) is 11.7. The Hall–Kier alpha value is -6.19. The van der Waals surface area contributed by atoms with Crippen molar-refractivity contribution >= 4 is 28.1 Å². The van der Waals surface area contributed by atoms with Gasteiger partial charge in [-0.05, 0) is 69.8 Å². The van der Waals surface area contributed by atoms with Gasteiger partial charge in [0, 0.05) is 11.3 Å². The molecule has 1 aromatic heterocycles. The number of para-hydroxylation sites is 2. The van der Waals surface area contributed by atoms with Crippen LogP contribution in [0, 0.1) is 0 Å². The predicted molar refractivity (Wildman–Crippen MR) is 191 cm³/mol. The van der Waals surface area contributed by atoms with Crippen molar-refractivity contribution in [3.8, 4) is 50.5 Å². The Labute approximate surface area is 268 Å². The zero-order valence-corrected chi connectivity index (χ0v) is 25.1. The fraction of sp³-hybridized carbons (Fsp3) is 0. The minimum atomic E-state index is 0.951. The van der Waals surface area contributed by atoms with Gasteiger partial charge in [0.15, 0.2) is 0 Å². The second kappa shape index (κ2) is 10.8. The largest absolute Gasteiger partial charge is 0.306 e. The highest BCUT2D eigenvalue weighted by atomic mass is 15.2. The number of imidazole rings is 1. The highest BCUT2D eigenvalue weighted by Crippen LogP contribution is 2.49. The maximum atomic E-state index is 5.16. The van der Waals surface area contributed by atoms with Crippen molar-refractivity contribution in [2.75, 3.05) is 4.90 Å². The standard InChI is InChI=1S/C43H29N3/c1-4-11-30(12-5-1)31-19-21-32(22-20-31)33-23-25-34(26-24-33)36-27-28-39-41(29-36)45(37-15-8-3-9-16-37)40-18-10-17-38-42(40)46(39)43(44-38)35-13-6-2-7-14-35/h1-29H. The van der Waals surface area contributed by atoms with Crippen molar-refractivity contribution in [2.45, 2.75) is 0 Å². The molecule has 0 atom stereocenters. The molecule has 46 heavy (non-hydrogen) atoms. The van der Waals surface area contributed by atoms with Crippen molar-refractivity contribution in [1.29, 1.82) is 0 Å². The third-order valence-electron chi connectivity index (χ3n) is 8.94. The Kier molecular flexibility index (Phi) is 6.14. The summed E-state index contributed by atoms with van der Waals surface area (Å²) in [6.07, 6.45) is 0. The lowest BCUT2D eigenvalue weighted by Crippen LogP contribution is -2.18. The number of rotatable bonds is 5. The molecule has 216 valence electrons.